The molecule has 0 aromatic heterocycles. The summed E-state index contributed by atoms with van der Waals surface area (Å²) in [5.74, 6) is -0.647. The van der Waals surface area contributed by atoms with Gasteiger partial charge in [-0.05, 0) is 30.0 Å². The standard InChI is InChI=1S/C18H10N2O4S/c21-8-13(22)9-5-6-10-12(7-9)19-17(16(10)20-24)15-11-3-1-2-4-14(11)25-18(15)23/h1-8,19,24H/b17-15-,20-16+. The lowest BCUT2D eigenvalue weighted by Crippen LogP contribution is -2.08. The Balaban J connectivity index is 1.89. The number of oxime groups is 1. The predicted octanol–water partition coefficient (Wildman–Crippen LogP) is 2.72. The largest absolute Gasteiger partial charge is 0.410 e. The van der Waals surface area contributed by atoms with E-state index in [0.717, 1.165) is 22.2 Å². The van der Waals surface area contributed by atoms with Crippen molar-refractivity contribution in [2.24, 2.45) is 5.16 Å². The minimum Gasteiger partial charge on any atom is -0.410 e. The number of fused-ring (bicyclic) bond motifs is 2. The van der Waals surface area contributed by atoms with Gasteiger partial charge in [-0.15, -0.1) is 0 Å². The van der Waals surface area contributed by atoms with Crippen LogP contribution in [-0.2, 0) is 9.59 Å². The molecule has 0 unspecified atom stereocenters. The van der Waals surface area contributed by atoms with E-state index in [-0.39, 0.29) is 22.7 Å². The van der Waals surface area contributed by atoms with E-state index in [2.05, 4.69) is 10.5 Å². The first-order valence-electron chi connectivity index (χ1n) is 7.33. The van der Waals surface area contributed by atoms with Gasteiger partial charge in [0.15, 0.2) is 6.29 Å². The summed E-state index contributed by atoms with van der Waals surface area (Å²) in [5.41, 5.74) is 3.07. The molecule has 0 saturated heterocycles. The summed E-state index contributed by atoms with van der Waals surface area (Å²) in [6.45, 7) is 0. The second-order valence-electron chi connectivity index (χ2n) is 5.45. The van der Waals surface area contributed by atoms with Gasteiger partial charge in [0.25, 0.3) is 0 Å². The smallest absolute Gasteiger partial charge is 0.226 e. The molecular formula is C18H10N2O4S. The molecule has 0 aliphatic carbocycles. The number of nitrogens with zero attached hydrogens (tertiary/aromatic N) is 1. The van der Waals surface area contributed by atoms with Gasteiger partial charge in [0.05, 0.1) is 11.3 Å². The fourth-order valence-corrected chi connectivity index (χ4v) is 3.89. The molecule has 2 aromatic rings. The van der Waals surface area contributed by atoms with Gasteiger partial charge in [-0.1, -0.05) is 29.4 Å². The molecule has 0 spiro atoms. The van der Waals surface area contributed by atoms with Crippen LogP contribution in [0.25, 0.3) is 5.57 Å². The van der Waals surface area contributed by atoms with Crippen molar-refractivity contribution in [3.8, 4) is 0 Å². The Morgan fingerprint density at radius 3 is 2.72 bits per heavy atom. The van der Waals surface area contributed by atoms with E-state index in [9.17, 15) is 19.6 Å². The van der Waals surface area contributed by atoms with Crippen LogP contribution < -0.4 is 5.32 Å². The minimum atomic E-state index is -0.647. The molecule has 25 heavy (non-hydrogen) atoms. The van der Waals surface area contributed by atoms with E-state index < -0.39 is 5.78 Å². The van der Waals surface area contributed by atoms with E-state index in [1.54, 1.807) is 6.07 Å². The highest BCUT2D eigenvalue weighted by Crippen LogP contribution is 2.44. The third-order valence-corrected chi connectivity index (χ3v) is 5.04. The summed E-state index contributed by atoms with van der Waals surface area (Å²) in [6, 6.07) is 11.9. The first-order valence-corrected chi connectivity index (χ1v) is 8.15. The fourth-order valence-electron chi connectivity index (χ4n) is 2.95. The number of Topliss-reactive ketones (excluding diaryl/α,β-unsaturated/α-hetero) is 1. The van der Waals surface area contributed by atoms with Gasteiger partial charge in [0.1, 0.15) is 5.71 Å². The molecule has 2 aliphatic rings. The summed E-state index contributed by atoms with van der Waals surface area (Å²) in [4.78, 5) is 35.6. The van der Waals surface area contributed by atoms with Crippen molar-refractivity contribution in [2.45, 2.75) is 4.90 Å². The number of carbonyl (C=O) groups excluding carboxylic acids is 3. The molecule has 6 nitrogen and oxygen atoms in total. The Morgan fingerprint density at radius 1 is 1.16 bits per heavy atom. The van der Waals surface area contributed by atoms with Crippen LogP contribution in [0.4, 0.5) is 5.69 Å². The number of benzene rings is 2. The fraction of sp³-hybridized carbons (Fsp3) is 0. The van der Waals surface area contributed by atoms with Gasteiger partial charge in [-0.3, -0.25) is 14.4 Å². The Morgan fingerprint density at radius 2 is 1.96 bits per heavy atom. The van der Waals surface area contributed by atoms with Crippen LogP contribution in [0.5, 0.6) is 0 Å². The van der Waals surface area contributed by atoms with Crippen LogP contribution >= 0.6 is 11.8 Å². The molecule has 0 atom stereocenters. The number of ketones is 1. The highest BCUT2D eigenvalue weighted by molar-refractivity contribution is 8.15. The number of thioether (sulfide) groups is 1. The van der Waals surface area contributed by atoms with Crippen molar-refractivity contribution in [3.05, 3.63) is 64.9 Å². The van der Waals surface area contributed by atoms with E-state index in [1.165, 1.54) is 12.1 Å². The van der Waals surface area contributed by atoms with E-state index in [1.807, 2.05) is 24.3 Å². The Hall–Kier alpha value is -3.19. The average molecular weight is 350 g/mol. The van der Waals surface area contributed by atoms with Crippen LogP contribution in [0.1, 0.15) is 21.5 Å². The zero-order valence-electron chi connectivity index (χ0n) is 12.6. The summed E-state index contributed by atoms with van der Waals surface area (Å²) >= 11 is 1.12. The molecule has 0 bridgehead atoms. The van der Waals surface area contributed by atoms with E-state index in [4.69, 9.17) is 0 Å². The van der Waals surface area contributed by atoms with Gasteiger partial charge in [-0.2, -0.15) is 0 Å². The lowest BCUT2D eigenvalue weighted by Gasteiger charge is -2.05. The van der Waals surface area contributed by atoms with Crippen molar-refractivity contribution < 1.29 is 19.6 Å². The average Bonchev–Trinajstić information content (AvgIpc) is 3.15. The number of carbonyl (C=O) groups is 3. The molecule has 0 amide bonds. The third kappa shape index (κ3) is 2.28. The summed E-state index contributed by atoms with van der Waals surface area (Å²) in [5, 5.41) is 15.7. The van der Waals surface area contributed by atoms with Gasteiger partial charge in [-0.25, -0.2) is 0 Å². The Labute approximate surface area is 146 Å². The number of anilines is 1. The van der Waals surface area contributed by atoms with Crippen LogP contribution in [0, 0.1) is 0 Å². The van der Waals surface area contributed by atoms with Gasteiger partial charge in [0, 0.05) is 27.3 Å². The number of hydrogen-bond donors (Lipinski definition) is 2. The number of rotatable bonds is 2. The van der Waals surface area contributed by atoms with E-state index >= 15 is 0 Å². The van der Waals surface area contributed by atoms with Crippen LogP contribution in [0.2, 0.25) is 0 Å². The highest BCUT2D eigenvalue weighted by Gasteiger charge is 2.34. The molecule has 2 N–H and O–H groups in total. The lowest BCUT2D eigenvalue weighted by molar-refractivity contribution is -0.106. The van der Waals surface area contributed by atoms with Crippen molar-refractivity contribution in [3.63, 3.8) is 0 Å². The second kappa shape index (κ2) is 5.71. The van der Waals surface area contributed by atoms with Crippen LogP contribution in [-0.4, -0.2) is 28.1 Å². The summed E-state index contributed by atoms with van der Waals surface area (Å²) in [7, 11) is 0. The number of nitrogens with one attached hydrogen (secondary N) is 1. The molecule has 122 valence electrons. The first-order chi connectivity index (χ1) is 12.1. The maximum atomic E-state index is 12.5. The second-order valence-corrected chi connectivity index (χ2v) is 6.47. The van der Waals surface area contributed by atoms with E-state index in [0.29, 0.717) is 22.5 Å². The quantitative estimate of drug-likeness (QED) is 0.216. The summed E-state index contributed by atoms with van der Waals surface area (Å²) in [6.07, 6.45) is 0.241. The van der Waals surface area contributed by atoms with Gasteiger partial charge < -0.3 is 10.5 Å². The van der Waals surface area contributed by atoms with Crippen molar-refractivity contribution in [1.82, 2.24) is 0 Å². The molecule has 2 heterocycles. The molecular weight excluding hydrogens is 340 g/mol. The number of hydrogen-bond acceptors (Lipinski definition) is 7. The molecule has 7 heteroatoms. The Bertz CT molecular complexity index is 1020. The zero-order chi connectivity index (χ0) is 17.6. The molecule has 2 aliphatic heterocycles. The van der Waals surface area contributed by atoms with Crippen LogP contribution in [0.3, 0.4) is 0 Å². The van der Waals surface area contributed by atoms with Crippen molar-refractivity contribution in [1.29, 1.82) is 0 Å². The first kappa shape index (κ1) is 15.3. The van der Waals surface area contributed by atoms with Gasteiger partial charge >= 0.3 is 0 Å². The third-order valence-electron chi connectivity index (χ3n) is 4.08. The SMILES string of the molecule is O=CC(=O)c1ccc2c(c1)NC(=C1\C(=O)Sc3ccccc31)/C2=N/O. The monoisotopic (exact) mass is 350 g/mol. The van der Waals surface area contributed by atoms with Crippen molar-refractivity contribution >= 4 is 45.9 Å². The summed E-state index contributed by atoms with van der Waals surface area (Å²) < 4.78 is 0. The zero-order valence-corrected chi connectivity index (χ0v) is 13.5. The topological polar surface area (TPSA) is 95.8 Å². The number of aldehydes is 1. The molecule has 0 radical (unpaired) electrons. The van der Waals surface area contributed by atoms with Gasteiger partial charge in [0.2, 0.25) is 10.9 Å². The molecule has 0 fully saturated rings. The molecule has 2 aromatic carbocycles. The molecule has 0 saturated carbocycles. The highest BCUT2D eigenvalue weighted by atomic mass is 32.2. The van der Waals surface area contributed by atoms with Crippen LogP contribution in [0.15, 0.2) is 58.2 Å². The minimum absolute atomic E-state index is 0.151. The normalized spacial score (nSPS) is 19.5. The predicted molar refractivity (Wildman–Crippen MR) is 93.0 cm³/mol. The maximum absolute atomic E-state index is 12.5. The molecule has 4 rings (SSSR count). The number of allylic oxidation sites excluding steroid dienone is 1. The maximum Gasteiger partial charge on any atom is 0.226 e. The lowest BCUT2D eigenvalue weighted by atomic mass is 10.0. The Kier molecular flexibility index (Phi) is 3.51. The van der Waals surface area contributed by atoms with Crippen molar-refractivity contribution in [2.75, 3.05) is 5.32 Å².